The zero-order valence-electron chi connectivity index (χ0n) is 15.3. The van der Waals surface area contributed by atoms with Crippen molar-refractivity contribution in [3.8, 4) is 0 Å². The van der Waals surface area contributed by atoms with Crippen molar-refractivity contribution in [1.29, 1.82) is 0 Å². The molecule has 1 atom stereocenters. The van der Waals surface area contributed by atoms with Gasteiger partial charge in [-0.1, -0.05) is 49.7 Å². The number of hydrogen-bond donors (Lipinski definition) is 1. The summed E-state index contributed by atoms with van der Waals surface area (Å²) in [5.41, 5.74) is 2.03. The van der Waals surface area contributed by atoms with Crippen LogP contribution in [-0.4, -0.2) is 30.8 Å². The van der Waals surface area contributed by atoms with Crippen molar-refractivity contribution >= 4 is 29.3 Å². The van der Waals surface area contributed by atoms with Gasteiger partial charge in [0.15, 0.2) is 12.4 Å². The van der Waals surface area contributed by atoms with E-state index in [0.717, 1.165) is 12.0 Å². The Morgan fingerprint density at radius 2 is 1.59 bits per heavy atom. The van der Waals surface area contributed by atoms with E-state index in [1.807, 2.05) is 12.1 Å². The monoisotopic (exact) mass is 387 g/mol. The van der Waals surface area contributed by atoms with Gasteiger partial charge in [-0.3, -0.25) is 14.4 Å². The number of carbonyl (C=O) groups excluding carboxylic acids is 3. The summed E-state index contributed by atoms with van der Waals surface area (Å²) >= 11 is 5.76. The van der Waals surface area contributed by atoms with Gasteiger partial charge < -0.3 is 10.1 Å². The van der Waals surface area contributed by atoms with Crippen LogP contribution >= 0.6 is 11.6 Å². The molecule has 6 heteroatoms. The predicted octanol–water partition coefficient (Wildman–Crippen LogP) is 4.01. The van der Waals surface area contributed by atoms with Crippen LogP contribution in [0, 0.1) is 0 Å². The summed E-state index contributed by atoms with van der Waals surface area (Å²) in [5, 5.41) is 2.96. The molecule has 0 fully saturated rings. The molecule has 1 amide bonds. The first-order chi connectivity index (χ1) is 12.9. The minimum absolute atomic E-state index is 0.289. The lowest BCUT2D eigenvalue weighted by atomic mass is 9.97. The standard InChI is InChI=1S/C21H22ClNO4/c1-3-14(2)15-4-6-16(7-5-15)19(24)13-27-20(25)12-23-21(26)17-8-10-18(22)11-9-17/h4-11,14H,3,12-13H2,1-2H3,(H,23,26)/t14-/m0/s1. The number of benzene rings is 2. The quantitative estimate of drug-likeness (QED) is 0.548. The van der Waals surface area contributed by atoms with Crippen molar-refractivity contribution < 1.29 is 19.1 Å². The molecule has 2 aromatic carbocycles. The summed E-state index contributed by atoms with van der Waals surface area (Å²) in [6, 6.07) is 13.6. The lowest BCUT2D eigenvalue weighted by Gasteiger charge is -2.10. The zero-order chi connectivity index (χ0) is 19.8. The van der Waals surface area contributed by atoms with E-state index >= 15 is 0 Å². The molecule has 2 aromatic rings. The predicted molar refractivity (Wildman–Crippen MR) is 104 cm³/mol. The number of esters is 1. The van der Waals surface area contributed by atoms with Crippen LogP contribution in [0.2, 0.25) is 5.02 Å². The van der Waals surface area contributed by atoms with E-state index in [0.29, 0.717) is 22.1 Å². The minimum atomic E-state index is -0.679. The van der Waals surface area contributed by atoms with Gasteiger partial charge in [0.1, 0.15) is 6.54 Å². The highest BCUT2D eigenvalue weighted by Crippen LogP contribution is 2.19. The van der Waals surface area contributed by atoms with Crippen molar-refractivity contribution in [2.75, 3.05) is 13.2 Å². The third kappa shape index (κ3) is 6.22. The highest BCUT2D eigenvalue weighted by Gasteiger charge is 2.13. The number of carbonyl (C=O) groups is 3. The molecule has 142 valence electrons. The van der Waals surface area contributed by atoms with Crippen LogP contribution in [0.1, 0.15) is 52.5 Å². The normalized spacial score (nSPS) is 11.5. The Morgan fingerprint density at radius 1 is 1.00 bits per heavy atom. The van der Waals surface area contributed by atoms with Gasteiger partial charge in [0.05, 0.1) is 0 Å². The molecule has 0 aliphatic carbocycles. The molecular weight excluding hydrogens is 366 g/mol. The first-order valence-electron chi connectivity index (χ1n) is 8.73. The summed E-state index contributed by atoms with van der Waals surface area (Å²) in [5.74, 6) is -0.961. The topological polar surface area (TPSA) is 72.5 Å². The Hall–Kier alpha value is -2.66. The van der Waals surface area contributed by atoms with Gasteiger partial charge >= 0.3 is 5.97 Å². The van der Waals surface area contributed by atoms with Gasteiger partial charge in [-0.2, -0.15) is 0 Å². The van der Waals surface area contributed by atoms with E-state index in [2.05, 4.69) is 19.2 Å². The number of ether oxygens (including phenoxy) is 1. The van der Waals surface area contributed by atoms with Gasteiger partial charge in [-0.05, 0) is 42.2 Å². The zero-order valence-corrected chi connectivity index (χ0v) is 16.1. The molecule has 0 heterocycles. The molecule has 0 aromatic heterocycles. The average molecular weight is 388 g/mol. The van der Waals surface area contributed by atoms with E-state index in [1.165, 1.54) is 0 Å². The number of ketones is 1. The molecule has 27 heavy (non-hydrogen) atoms. The minimum Gasteiger partial charge on any atom is -0.456 e. The molecule has 0 saturated heterocycles. The van der Waals surface area contributed by atoms with Gasteiger partial charge in [-0.15, -0.1) is 0 Å². The van der Waals surface area contributed by atoms with Crippen molar-refractivity contribution in [1.82, 2.24) is 5.32 Å². The molecule has 1 N–H and O–H groups in total. The van der Waals surface area contributed by atoms with E-state index in [4.69, 9.17) is 16.3 Å². The van der Waals surface area contributed by atoms with Crippen molar-refractivity contribution in [3.63, 3.8) is 0 Å². The second-order valence-corrected chi connectivity index (χ2v) is 6.64. The summed E-state index contributed by atoms with van der Waals surface area (Å²) in [7, 11) is 0. The maximum absolute atomic E-state index is 12.1. The van der Waals surface area contributed by atoms with Crippen LogP contribution < -0.4 is 5.32 Å². The summed E-state index contributed by atoms with van der Waals surface area (Å²) in [4.78, 5) is 35.8. The van der Waals surface area contributed by atoms with Crippen molar-refractivity contribution in [2.45, 2.75) is 26.2 Å². The summed E-state index contributed by atoms with van der Waals surface area (Å²) in [6.07, 6.45) is 1.02. The van der Waals surface area contributed by atoms with E-state index in [9.17, 15) is 14.4 Å². The number of halogens is 1. The Balaban J connectivity index is 1.78. The maximum atomic E-state index is 12.1. The summed E-state index contributed by atoms with van der Waals surface area (Å²) < 4.78 is 4.94. The highest BCUT2D eigenvalue weighted by atomic mass is 35.5. The van der Waals surface area contributed by atoms with Crippen LogP contribution in [0.4, 0.5) is 0 Å². The second kappa shape index (κ2) is 9.88. The molecule has 0 unspecified atom stereocenters. The molecule has 5 nitrogen and oxygen atoms in total. The molecule has 0 aliphatic heterocycles. The first kappa shape index (κ1) is 20.6. The smallest absolute Gasteiger partial charge is 0.325 e. The van der Waals surface area contributed by atoms with Crippen LogP contribution in [-0.2, 0) is 9.53 Å². The van der Waals surface area contributed by atoms with E-state index in [-0.39, 0.29) is 18.9 Å². The van der Waals surface area contributed by atoms with E-state index < -0.39 is 11.9 Å². The Kier molecular flexibility index (Phi) is 7.55. The number of amides is 1. The Labute approximate surface area is 163 Å². The summed E-state index contributed by atoms with van der Waals surface area (Å²) in [6.45, 7) is 3.55. The Morgan fingerprint density at radius 3 is 2.19 bits per heavy atom. The number of nitrogens with one attached hydrogen (secondary N) is 1. The fourth-order valence-corrected chi connectivity index (χ4v) is 2.50. The molecule has 0 aliphatic rings. The molecule has 0 saturated carbocycles. The van der Waals surface area contributed by atoms with Crippen molar-refractivity contribution in [2.24, 2.45) is 0 Å². The fraction of sp³-hybridized carbons (Fsp3) is 0.286. The van der Waals surface area contributed by atoms with Crippen LogP contribution in [0.3, 0.4) is 0 Å². The lowest BCUT2D eigenvalue weighted by Crippen LogP contribution is -2.31. The Bertz CT molecular complexity index is 800. The van der Waals surface area contributed by atoms with Crippen molar-refractivity contribution in [3.05, 3.63) is 70.2 Å². The van der Waals surface area contributed by atoms with Crippen LogP contribution in [0.15, 0.2) is 48.5 Å². The van der Waals surface area contributed by atoms with Crippen LogP contribution in [0.25, 0.3) is 0 Å². The van der Waals surface area contributed by atoms with Gasteiger partial charge in [0.2, 0.25) is 0 Å². The van der Waals surface area contributed by atoms with Crippen LogP contribution in [0.5, 0.6) is 0 Å². The highest BCUT2D eigenvalue weighted by molar-refractivity contribution is 6.30. The first-order valence-corrected chi connectivity index (χ1v) is 9.11. The lowest BCUT2D eigenvalue weighted by molar-refractivity contribution is -0.141. The molecule has 2 rings (SSSR count). The van der Waals surface area contributed by atoms with Gasteiger partial charge in [0, 0.05) is 16.1 Å². The average Bonchev–Trinajstić information content (AvgIpc) is 2.70. The molecular formula is C21H22ClNO4. The molecule has 0 bridgehead atoms. The van der Waals surface area contributed by atoms with Gasteiger partial charge in [0.25, 0.3) is 5.91 Å². The fourth-order valence-electron chi connectivity index (χ4n) is 2.37. The largest absolute Gasteiger partial charge is 0.456 e. The maximum Gasteiger partial charge on any atom is 0.325 e. The number of hydrogen-bond acceptors (Lipinski definition) is 4. The molecule has 0 spiro atoms. The SMILES string of the molecule is CC[C@H](C)c1ccc(C(=O)COC(=O)CNC(=O)c2ccc(Cl)cc2)cc1. The second-order valence-electron chi connectivity index (χ2n) is 6.20. The number of Topliss-reactive ketones (excluding diaryl/α,β-unsaturated/α-hetero) is 1. The van der Waals surface area contributed by atoms with Gasteiger partial charge in [-0.25, -0.2) is 0 Å². The third-order valence-electron chi connectivity index (χ3n) is 4.28. The third-order valence-corrected chi connectivity index (χ3v) is 4.53. The molecule has 0 radical (unpaired) electrons. The number of rotatable bonds is 8. The van der Waals surface area contributed by atoms with E-state index in [1.54, 1.807) is 36.4 Å².